The lowest BCUT2D eigenvalue weighted by atomic mass is 9.70. The van der Waals surface area contributed by atoms with Crippen LogP contribution in [-0.2, 0) is 4.74 Å². The number of likely N-dealkylation sites (tertiary alicyclic amines) is 1. The van der Waals surface area contributed by atoms with Gasteiger partial charge in [-0.15, -0.1) is 0 Å². The Labute approximate surface area is 172 Å². The van der Waals surface area contributed by atoms with Gasteiger partial charge in [-0.1, -0.05) is 24.3 Å². The molecular weight excluding hydrogens is 364 g/mol. The predicted molar refractivity (Wildman–Crippen MR) is 112 cm³/mol. The quantitative estimate of drug-likeness (QED) is 0.848. The van der Waals surface area contributed by atoms with Crippen molar-refractivity contribution in [2.45, 2.75) is 37.5 Å². The van der Waals surface area contributed by atoms with Crippen molar-refractivity contribution >= 4 is 5.91 Å². The lowest BCUT2D eigenvalue weighted by Gasteiger charge is -2.51. The van der Waals surface area contributed by atoms with Gasteiger partial charge in [-0.25, -0.2) is 0 Å². The van der Waals surface area contributed by atoms with Gasteiger partial charge in [0, 0.05) is 18.1 Å². The molecule has 3 fully saturated rings. The summed E-state index contributed by atoms with van der Waals surface area (Å²) in [6.45, 7) is 3.06. The number of methoxy groups -OCH3 is 1. The van der Waals surface area contributed by atoms with Gasteiger partial charge in [0.05, 0.1) is 25.3 Å². The van der Waals surface area contributed by atoms with Crippen molar-refractivity contribution in [2.24, 2.45) is 5.92 Å². The van der Waals surface area contributed by atoms with Crippen LogP contribution in [-0.4, -0.2) is 55.8 Å². The Morgan fingerprint density at radius 3 is 2.66 bits per heavy atom. The molecule has 2 saturated heterocycles. The average molecular weight is 392 g/mol. The fraction of sp³-hybridized carbons (Fsp3) is 0.458. The molecule has 0 bridgehead atoms. The molecule has 2 heterocycles. The zero-order valence-corrected chi connectivity index (χ0v) is 16.8. The first-order valence-corrected chi connectivity index (χ1v) is 10.7. The standard InChI is InChI=1S/C24H28N2O3/c1-28-19-9-5-7-17(15-19)16-6-4-8-18(14-16)24(27)25-21-20-10-13-29-23(20)22(21)26-11-2-3-12-26/h4-9,14-15,20-23H,2-3,10-13H2,1H3,(H,25,27)/t20-,21+,22-,23-/m1/s1. The van der Waals surface area contributed by atoms with E-state index in [9.17, 15) is 4.79 Å². The van der Waals surface area contributed by atoms with Gasteiger partial charge in [-0.3, -0.25) is 9.69 Å². The minimum absolute atomic E-state index is 0.00860. The van der Waals surface area contributed by atoms with Crippen LogP contribution in [0.3, 0.4) is 0 Å². The molecule has 2 aromatic rings. The van der Waals surface area contributed by atoms with Crippen LogP contribution in [0, 0.1) is 5.92 Å². The second kappa shape index (κ2) is 7.81. The van der Waals surface area contributed by atoms with E-state index < -0.39 is 0 Å². The van der Waals surface area contributed by atoms with E-state index >= 15 is 0 Å². The van der Waals surface area contributed by atoms with E-state index in [0.29, 0.717) is 23.6 Å². The summed E-state index contributed by atoms with van der Waals surface area (Å²) in [7, 11) is 1.67. The largest absolute Gasteiger partial charge is 0.497 e. The third-order valence-corrected chi connectivity index (χ3v) is 6.74. The number of ether oxygens (including phenoxy) is 2. The number of amides is 1. The summed E-state index contributed by atoms with van der Waals surface area (Å²) < 4.78 is 11.3. The Kier molecular flexibility index (Phi) is 5.02. The number of fused-ring (bicyclic) bond motifs is 1. The highest BCUT2D eigenvalue weighted by molar-refractivity contribution is 5.95. The van der Waals surface area contributed by atoms with Crippen LogP contribution in [0.1, 0.15) is 29.6 Å². The molecule has 0 unspecified atom stereocenters. The maximum absolute atomic E-state index is 13.1. The predicted octanol–water partition coefficient (Wildman–Crippen LogP) is 3.34. The Bertz CT molecular complexity index is 888. The van der Waals surface area contributed by atoms with Crippen molar-refractivity contribution < 1.29 is 14.3 Å². The van der Waals surface area contributed by atoms with Gasteiger partial charge < -0.3 is 14.8 Å². The van der Waals surface area contributed by atoms with Crippen LogP contribution >= 0.6 is 0 Å². The van der Waals surface area contributed by atoms with Crippen molar-refractivity contribution in [3.05, 3.63) is 54.1 Å². The van der Waals surface area contributed by atoms with E-state index in [-0.39, 0.29) is 11.9 Å². The molecule has 1 saturated carbocycles. The van der Waals surface area contributed by atoms with Gasteiger partial charge in [0.15, 0.2) is 0 Å². The molecule has 0 spiro atoms. The molecule has 5 heteroatoms. The van der Waals surface area contributed by atoms with Crippen LogP contribution in [0.4, 0.5) is 0 Å². The molecule has 5 nitrogen and oxygen atoms in total. The number of carbonyl (C=O) groups excluding carboxylic acids is 1. The van der Waals surface area contributed by atoms with E-state index in [2.05, 4.69) is 10.2 Å². The molecule has 3 aliphatic rings. The van der Waals surface area contributed by atoms with Crippen molar-refractivity contribution in [1.29, 1.82) is 0 Å². The fourth-order valence-corrected chi connectivity index (χ4v) is 5.22. The number of benzene rings is 2. The van der Waals surface area contributed by atoms with Crippen LogP contribution < -0.4 is 10.1 Å². The van der Waals surface area contributed by atoms with E-state index in [0.717, 1.165) is 43.0 Å². The molecule has 152 valence electrons. The lowest BCUT2D eigenvalue weighted by molar-refractivity contribution is -0.0747. The highest BCUT2D eigenvalue weighted by Crippen LogP contribution is 2.43. The molecular formula is C24H28N2O3. The molecule has 1 aliphatic carbocycles. The molecule has 0 aromatic heterocycles. The molecule has 5 rings (SSSR count). The monoisotopic (exact) mass is 392 g/mol. The summed E-state index contributed by atoms with van der Waals surface area (Å²) in [5, 5.41) is 3.35. The summed E-state index contributed by atoms with van der Waals surface area (Å²) in [6.07, 6.45) is 3.83. The number of nitrogens with one attached hydrogen (secondary N) is 1. The Balaban J connectivity index is 1.34. The number of hydrogen-bond donors (Lipinski definition) is 1. The van der Waals surface area contributed by atoms with Crippen molar-refractivity contribution in [3.63, 3.8) is 0 Å². The van der Waals surface area contributed by atoms with Gasteiger partial charge in [-0.2, -0.15) is 0 Å². The molecule has 1 amide bonds. The highest BCUT2D eigenvalue weighted by Gasteiger charge is 2.56. The van der Waals surface area contributed by atoms with Crippen LogP contribution in [0.5, 0.6) is 5.75 Å². The Morgan fingerprint density at radius 1 is 1.10 bits per heavy atom. The molecule has 4 atom stereocenters. The second-order valence-electron chi connectivity index (χ2n) is 8.33. The average Bonchev–Trinajstić information content (AvgIpc) is 3.43. The summed E-state index contributed by atoms with van der Waals surface area (Å²) in [6, 6.07) is 16.3. The van der Waals surface area contributed by atoms with Crippen molar-refractivity contribution in [2.75, 3.05) is 26.8 Å². The van der Waals surface area contributed by atoms with E-state index in [1.807, 2.05) is 48.5 Å². The van der Waals surface area contributed by atoms with E-state index in [1.165, 1.54) is 12.8 Å². The normalized spacial score (nSPS) is 28.6. The second-order valence-corrected chi connectivity index (χ2v) is 8.33. The highest BCUT2D eigenvalue weighted by atomic mass is 16.5. The first-order chi connectivity index (χ1) is 14.2. The number of carbonyl (C=O) groups is 1. The smallest absolute Gasteiger partial charge is 0.251 e. The minimum Gasteiger partial charge on any atom is -0.497 e. The molecule has 2 aromatic carbocycles. The summed E-state index contributed by atoms with van der Waals surface area (Å²) in [5.74, 6) is 1.27. The van der Waals surface area contributed by atoms with Crippen molar-refractivity contribution in [3.8, 4) is 16.9 Å². The molecule has 2 aliphatic heterocycles. The SMILES string of the molecule is COc1cccc(-c2cccc(C(=O)N[C@H]3[C@H]4CCO[C@H]4[C@@H]3N3CCCC3)c2)c1. The maximum atomic E-state index is 13.1. The first kappa shape index (κ1) is 18.6. The number of hydrogen-bond acceptors (Lipinski definition) is 4. The zero-order valence-electron chi connectivity index (χ0n) is 16.8. The van der Waals surface area contributed by atoms with Crippen molar-refractivity contribution in [1.82, 2.24) is 10.2 Å². The van der Waals surface area contributed by atoms with Gasteiger partial charge in [-0.05, 0) is 67.7 Å². The van der Waals surface area contributed by atoms with Crippen LogP contribution in [0.2, 0.25) is 0 Å². The number of rotatable bonds is 5. The van der Waals surface area contributed by atoms with Crippen LogP contribution in [0.25, 0.3) is 11.1 Å². The Hall–Kier alpha value is -2.37. The minimum atomic E-state index is 0.00860. The third kappa shape index (κ3) is 3.43. The van der Waals surface area contributed by atoms with E-state index in [4.69, 9.17) is 9.47 Å². The van der Waals surface area contributed by atoms with Gasteiger partial charge in [0.25, 0.3) is 5.91 Å². The van der Waals surface area contributed by atoms with Gasteiger partial charge >= 0.3 is 0 Å². The maximum Gasteiger partial charge on any atom is 0.251 e. The Morgan fingerprint density at radius 2 is 1.86 bits per heavy atom. The third-order valence-electron chi connectivity index (χ3n) is 6.74. The lowest BCUT2D eigenvalue weighted by Crippen LogP contribution is -2.70. The number of nitrogens with zero attached hydrogens (tertiary/aromatic N) is 1. The van der Waals surface area contributed by atoms with Crippen LogP contribution in [0.15, 0.2) is 48.5 Å². The summed E-state index contributed by atoms with van der Waals surface area (Å²) >= 11 is 0. The van der Waals surface area contributed by atoms with Gasteiger partial charge in [0.2, 0.25) is 0 Å². The molecule has 0 radical (unpaired) electrons. The molecule has 29 heavy (non-hydrogen) atoms. The molecule has 1 N–H and O–H groups in total. The summed E-state index contributed by atoms with van der Waals surface area (Å²) in [5.41, 5.74) is 2.76. The fourth-order valence-electron chi connectivity index (χ4n) is 5.22. The zero-order chi connectivity index (χ0) is 19.8. The van der Waals surface area contributed by atoms with Gasteiger partial charge in [0.1, 0.15) is 5.75 Å². The van der Waals surface area contributed by atoms with E-state index in [1.54, 1.807) is 7.11 Å². The topological polar surface area (TPSA) is 50.8 Å². The summed E-state index contributed by atoms with van der Waals surface area (Å²) in [4.78, 5) is 15.6. The first-order valence-electron chi connectivity index (χ1n) is 10.7.